The molecule has 0 aliphatic carbocycles. The molecule has 8 heteroatoms. The van der Waals surface area contributed by atoms with Gasteiger partial charge in [-0.1, -0.05) is 25.1 Å². The minimum absolute atomic E-state index is 0.0596. The molecule has 5 atom stereocenters. The standard InChI is InChI=1S/C15H20O8/c1-2-10(17)22-15-13(20)11(18)12(19)14(23-15)21-9-6-4-3-5-8(9)7-16/h3-6,11-16,18-20H,2,7H2,1H3/t11-,12-,13+,14-,15+/m1/s1. The molecule has 0 radical (unpaired) electrons. The van der Waals surface area contributed by atoms with Crippen molar-refractivity contribution >= 4 is 5.97 Å². The minimum Gasteiger partial charge on any atom is -0.461 e. The molecule has 1 saturated heterocycles. The zero-order valence-corrected chi connectivity index (χ0v) is 12.5. The fraction of sp³-hybridized carbons (Fsp3) is 0.533. The molecule has 0 unspecified atom stereocenters. The van der Waals surface area contributed by atoms with E-state index in [2.05, 4.69) is 0 Å². The van der Waals surface area contributed by atoms with Gasteiger partial charge in [-0.15, -0.1) is 0 Å². The summed E-state index contributed by atoms with van der Waals surface area (Å²) in [5, 5.41) is 39.0. The smallest absolute Gasteiger partial charge is 0.307 e. The predicted molar refractivity (Wildman–Crippen MR) is 76.1 cm³/mol. The van der Waals surface area contributed by atoms with Crippen LogP contribution in [0.25, 0.3) is 0 Å². The summed E-state index contributed by atoms with van der Waals surface area (Å²) >= 11 is 0. The van der Waals surface area contributed by atoms with Gasteiger partial charge in [0.2, 0.25) is 12.6 Å². The van der Waals surface area contributed by atoms with Crippen LogP contribution in [0, 0.1) is 0 Å². The number of aliphatic hydroxyl groups is 4. The van der Waals surface area contributed by atoms with Crippen LogP contribution in [0.3, 0.4) is 0 Å². The van der Waals surface area contributed by atoms with Gasteiger partial charge in [0.15, 0.2) is 0 Å². The largest absolute Gasteiger partial charge is 0.461 e. The van der Waals surface area contributed by atoms with Crippen LogP contribution in [0.4, 0.5) is 0 Å². The highest BCUT2D eigenvalue weighted by molar-refractivity contribution is 5.69. The van der Waals surface area contributed by atoms with Gasteiger partial charge in [0.25, 0.3) is 0 Å². The van der Waals surface area contributed by atoms with Crippen LogP contribution >= 0.6 is 0 Å². The molecule has 23 heavy (non-hydrogen) atoms. The first-order chi connectivity index (χ1) is 11.0. The third kappa shape index (κ3) is 3.98. The number of benzene rings is 1. The summed E-state index contributed by atoms with van der Waals surface area (Å²) < 4.78 is 15.6. The third-order valence-corrected chi connectivity index (χ3v) is 3.45. The average molecular weight is 328 g/mol. The van der Waals surface area contributed by atoms with Crippen molar-refractivity contribution in [1.82, 2.24) is 0 Å². The summed E-state index contributed by atoms with van der Waals surface area (Å²) in [5.74, 6) is -0.393. The lowest BCUT2D eigenvalue weighted by Gasteiger charge is -2.39. The molecule has 1 aromatic rings. The van der Waals surface area contributed by atoms with Crippen molar-refractivity contribution in [3.05, 3.63) is 29.8 Å². The second-order valence-electron chi connectivity index (χ2n) is 5.07. The Morgan fingerprint density at radius 2 is 1.78 bits per heavy atom. The SMILES string of the molecule is CCC(=O)O[C@H]1O[C@@H](Oc2ccccc2CO)[C@H](O)[C@@H](O)[C@@H]1O. The number of aliphatic hydroxyl groups excluding tert-OH is 4. The predicted octanol–water partition coefficient (Wildman–Crippen LogP) is -0.724. The van der Waals surface area contributed by atoms with Crippen LogP contribution in [-0.4, -0.2) is 57.3 Å². The second-order valence-corrected chi connectivity index (χ2v) is 5.07. The summed E-state index contributed by atoms with van der Waals surface area (Å²) in [6, 6.07) is 6.51. The molecule has 1 aromatic carbocycles. The maximum Gasteiger partial charge on any atom is 0.307 e. The van der Waals surface area contributed by atoms with Crippen LogP contribution in [0.15, 0.2) is 24.3 Å². The molecular weight excluding hydrogens is 308 g/mol. The van der Waals surface area contributed by atoms with E-state index in [0.29, 0.717) is 5.56 Å². The first kappa shape index (κ1) is 17.6. The second kappa shape index (κ2) is 7.71. The number of esters is 1. The topological polar surface area (TPSA) is 126 Å². The Labute approximate surface area is 132 Å². The number of hydrogen-bond donors (Lipinski definition) is 4. The number of para-hydroxylation sites is 1. The summed E-state index contributed by atoms with van der Waals surface area (Å²) in [7, 11) is 0. The molecular formula is C15H20O8. The Morgan fingerprint density at radius 1 is 1.13 bits per heavy atom. The van der Waals surface area contributed by atoms with Crippen LogP contribution in [0.2, 0.25) is 0 Å². The monoisotopic (exact) mass is 328 g/mol. The molecule has 0 bridgehead atoms. The van der Waals surface area contributed by atoms with E-state index in [1.165, 1.54) is 0 Å². The van der Waals surface area contributed by atoms with Gasteiger partial charge in [0.05, 0.1) is 6.61 Å². The third-order valence-electron chi connectivity index (χ3n) is 3.45. The number of hydrogen-bond acceptors (Lipinski definition) is 8. The molecule has 0 saturated carbocycles. The lowest BCUT2D eigenvalue weighted by molar-refractivity contribution is -0.324. The van der Waals surface area contributed by atoms with Gasteiger partial charge in [0, 0.05) is 12.0 Å². The Bertz CT molecular complexity index is 534. The van der Waals surface area contributed by atoms with E-state index in [4.69, 9.17) is 14.2 Å². The zero-order chi connectivity index (χ0) is 17.0. The van der Waals surface area contributed by atoms with E-state index in [-0.39, 0.29) is 18.8 Å². The molecule has 1 aliphatic rings. The summed E-state index contributed by atoms with van der Waals surface area (Å²) in [6.07, 6.45) is -7.57. The number of ether oxygens (including phenoxy) is 3. The van der Waals surface area contributed by atoms with E-state index in [1.807, 2.05) is 0 Å². The van der Waals surface area contributed by atoms with Crippen molar-refractivity contribution in [2.45, 2.75) is 50.8 Å². The normalized spacial score (nSPS) is 30.7. The Kier molecular flexibility index (Phi) is 5.91. The maximum absolute atomic E-state index is 11.3. The van der Waals surface area contributed by atoms with Crippen LogP contribution in [-0.2, 0) is 20.9 Å². The molecule has 2 rings (SSSR count). The first-order valence-electron chi connectivity index (χ1n) is 7.22. The minimum atomic E-state index is -1.62. The van der Waals surface area contributed by atoms with Crippen molar-refractivity contribution in [2.75, 3.05) is 0 Å². The molecule has 128 valence electrons. The van der Waals surface area contributed by atoms with Crippen molar-refractivity contribution in [1.29, 1.82) is 0 Å². The maximum atomic E-state index is 11.3. The van der Waals surface area contributed by atoms with Crippen LogP contribution < -0.4 is 4.74 Å². The first-order valence-corrected chi connectivity index (χ1v) is 7.22. The lowest BCUT2D eigenvalue weighted by atomic mass is 10.0. The molecule has 4 N–H and O–H groups in total. The van der Waals surface area contributed by atoms with Crippen molar-refractivity contribution < 1.29 is 39.4 Å². The van der Waals surface area contributed by atoms with Gasteiger partial charge in [-0.3, -0.25) is 9.53 Å². The highest BCUT2D eigenvalue weighted by atomic mass is 16.8. The van der Waals surface area contributed by atoms with Gasteiger partial charge < -0.3 is 29.9 Å². The van der Waals surface area contributed by atoms with Gasteiger partial charge in [-0.2, -0.15) is 0 Å². The summed E-state index contributed by atoms with van der Waals surface area (Å²) in [4.78, 5) is 11.3. The number of rotatable bonds is 5. The van der Waals surface area contributed by atoms with E-state index in [0.717, 1.165) is 0 Å². The number of carbonyl (C=O) groups excluding carboxylic acids is 1. The fourth-order valence-electron chi connectivity index (χ4n) is 2.10. The summed E-state index contributed by atoms with van der Waals surface area (Å²) in [5.41, 5.74) is 0.450. The highest BCUT2D eigenvalue weighted by Crippen LogP contribution is 2.27. The van der Waals surface area contributed by atoms with E-state index in [1.54, 1.807) is 31.2 Å². The van der Waals surface area contributed by atoms with Gasteiger partial charge in [-0.25, -0.2) is 0 Å². The lowest BCUT2D eigenvalue weighted by Crippen LogP contribution is -2.60. The molecule has 1 heterocycles. The zero-order valence-electron chi connectivity index (χ0n) is 12.5. The molecule has 0 amide bonds. The molecule has 1 fully saturated rings. The average Bonchev–Trinajstić information content (AvgIpc) is 2.57. The van der Waals surface area contributed by atoms with E-state index < -0.39 is 36.9 Å². The van der Waals surface area contributed by atoms with Gasteiger partial charge in [-0.05, 0) is 6.07 Å². The quantitative estimate of drug-likeness (QED) is 0.522. The van der Waals surface area contributed by atoms with Gasteiger partial charge in [0.1, 0.15) is 24.1 Å². The van der Waals surface area contributed by atoms with Gasteiger partial charge >= 0.3 is 5.97 Å². The van der Waals surface area contributed by atoms with Crippen molar-refractivity contribution in [3.63, 3.8) is 0 Å². The fourth-order valence-corrected chi connectivity index (χ4v) is 2.10. The Morgan fingerprint density at radius 3 is 2.43 bits per heavy atom. The molecule has 0 aromatic heterocycles. The van der Waals surface area contributed by atoms with Crippen LogP contribution in [0.5, 0.6) is 5.75 Å². The highest BCUT2D eigenvalue weighted by Gasteiger charge is 2.46. The Hall–Kier alpha value is -1.71. The summed E-state index contributed by atoms with van der Waals surface area (Å²) in [6.45, 7) is 1.27. The van der Waals surface area contributed by atoms with E-state index in [9.17, 15) is 25.2 Å². The Balaban J connectivity index is 2.15. The number of carbonyl (C=O) groups is 1. The molecule has 0 spiro atoms. The van der Waals surface area contributed by atoms with E-state index >= 15 is 0 Å². The van der Waals surface area contributed by atoms with Crippen molar-refractivity contribution in [2.24, 2.45) is 0 Å². The van der Waals surface area contributed by atoms with Crippen molar-refractivity contribution in [3.8, 4) is 5.75 Å². The van der Waals surface area contributed by atoms with Crippen LogP contribution in [0.1, 0.15) is 18.9 Å². The molecule has 1 aliphatic heterocycles. The molecule has 8 nitrogen and oxygen atoms in total.